The highest BCUT2D eigenvalue weighted by Crippen LogP contribution is 2.30. The van der Waals surface area contributed by atoms with Gasteiger partial charge in [0.05, 0.1) is 10.6 Å². The fourth-order valence-corrected chi connectivity index (χ4v) is 6.74. The molecule has 0 radical (unpaired) electrons. The van der Waals surface area contributed by atoms with Gasteiger partial charge in [0.15, 0.2) is 0 Å². The highest BCUT2D eigenvalue weighted by Gasteiger charge is 2.35. The molecular weight excluding hydrogens is 625 g/mol. The quantitative estimate of drug-likeness (QED) is 0.170. The maximum absolute atomic E-state index is 14.5. The fourth-order valence-electron chi connectivity index (χ4n) is 5.03. The second-order valence-corrected chi connectivity index (χ2v) is 13.7. The van der Waals surface area contributed by atoms with Crippen molar-refractivity contribution in [1.29, 1.82) is 0 Å². The van der Waals surface area contributed by atoms with Crippen molar-refractivity contribution in [2.45, 2.75) is 64.1 Å². The number of rotatable bonds is 13. The van der Waals surface area contributed by atoms with Crippen LogP contribution in [0.5, 0.6) is 0 Å². The average Bonchev–Trinajstić information content (AvgIpc) is 3.03. The summed E-state index contributed by atoms with van der Waals surface area (Å²) in [5, 5.41) is 3.42. The standard InChI is InChI=1S/C36H39ClFN3O4S/c1-5-27(4)39-36(43)34(22-28-9-7-6-8-10-28)40(23-29-13-16-31(38)17-14-29)35(42)24-41(33-20-15-30(37)21-26(33)3)46(44,45)32-18-11-25(2)12-19-32/h6-21,27,34H,5,22-24H2,1-4H3,(H,39,43). The molecule has 0 bridgehead atoms. The van der Waals surface area contributed by atoms with E-state index in [2.05, 4.69) is 5.32 Å². The normalized spacial score (nSPS) is 12.7. The van der Waals surface area contributed by atoms with Crippen LogP contribution in [0, 0.1) is 19.7 Å². The number of hydrogen-bond acceptors (Lipinski definition) is 4. The van der Waals surface area contributed by atoms with Crippen LogP contribution in [0.3, 0.4) is 0 Å². The molecule has 2 unspecified atom stereocenters. The van der Waals surface area contributed by atoms with Crippen LogP contribution in [0.2, 0.25) is 5.02 Å². The number of halogens is 2. The molecule has 0 fully saturated rings. The smallest absolute Gasteiger partial charge is 0.264 e. The molecule has 0 spiro atoms. The number of aryl methyl sites for hydroxylation is 2. The largest absolute Gasteiger partial charge is 0.352 e. The monoisotopic (exact) mass is 663 g/mol. The van der Waals surface area contributed by atoms with Gasteiger partial charge < -0.3 is 10.2 Å². The molecule has 10 heteroatoms. The molecule has 0 heterocycles. The lowest BCUT2D eigenvalue weighted by molar-refractivity contribution is -0.140. The van der Waals surface area contributed by atoms with E-state index in [0.717, 1.165) is 15.4 Å². The Morgan fingerprint density at radius 1 is 0.891 bits per heavy atom. The van der Waals surface area contributed by atoms with Gasteiger partial charge in [0.25, 0.3) is 10.0 Å². The Morgan fingerprint density at radius 3 is 2.15 bits per heavy atom. The number of carbonyl (C=O) groups excluding carboxylic acids is 2. The first-order valence-corrected chi connectivity index (χ1v) is 16.9. The van der Waals surface area contributed by atoms with E-state index in [-0.39, 0.29) is 35.5 Å². The molecule has 0 aliphatic carbocycles. The average molecular weight is 664 g/mol. The highest BCUT2D eigenvalue weighted by molar-refractivity contribution is 7.92. The zero-order valence-electron chi connectivity index (χ0n) is 26.4. The van der Waals surface area contributed by atoms with Gasteiger partial charge in [0.2, 0.25) is 11.8 Å². The van der Waals surface area contributed by atoms with E-state index in [9.17, 15) is 22.4 Å². The first kappa shape index (κ1) is 34.7. The van der Waals surface area contributed by atoms with Crippen LogP contribution in [0.15, 0.2) is 102 Å². The Morgan fingerprint density at radius 2 is 1.54 bits per heavy atom. The van der Waals surface area contributed by atoms with Crippen molar-refractivity contribution < 1.29 is 22.4 Å². The minimum absolute atomic E-state index is 0.0145. The Kier molecular flexibility index (Phi) is 11.6. The second kappa shape index (κ2) is 15.4. The van der Waals surface area contributed by atoms with Crippen LogP contribution in [-0.4, -0.2) is 43.8 Å². The summed E-state index contributed by atoms with van der Waals surface area (Å²) in [5.41, 5.74) is 3.12. The Hall–Kier alpha value is -4.21. The molecule has 7 nitrogen and oxygen atoms in total. The topological polar surface area (TPSA) is 86.8 Å². The van der Waals surface area contributed by atoms with Crippen molar-refractivity contribution in [3.63, 3.8) is 0 Å². The van der Waals surface area contributed by atoms with Gasteiger partial charge in [0.1, 0.15) is 18.4 Å². The molecule has 0 aliphatic rings. The van der Waals surface area contributed by atoms with Gasteiger partial charge in [-0.05, 0) is 86.3 Å². The Labute approximate surface area is 276 Å². The Balaban J connectivity index is 1.83. The number of hydrogen-bond donors (Lipinski definition) is 1. The minimum Gasteiger partial charge on any atom is -0.352 e. The van der Waals surface area contributed by atoms with Crippen molar-refractivity contribution in [3.05, 3.63) is 130 Å². The molecule has 2 amide bonds. The summed E-state index contributed by atoms with van der Waals surface area (Å²) in [6, 6.07) is 25.0. The zero-order valence-corrected chi connectivity index (χ0v) is 28.0. The third-order valence-corrected chi connectivity index (χ3v) is 9.86. The predicted molar refractivity (Wildman–Crippen MR) is 181 cm³/mol. The summed E-state index contributed by atoms with van der Waals surface area (Å²) in [7, 11) is -4.25. The van der Waals surface area contributed by atoms with E-state index in [1.54, 1.807) is 49.4 Å². The van der Waals surface area contributed by atoms with Gasteiger partial charge in [-0.1, -0.05) is 78.7 Å². The van der Waals surface area contributed by atoms with E-state index in [1.165, 1.54) is 29.2 Å². The van der Waals surface area contributed by atoms with Gasteiger partial charge in [-0.25, -0.2) is 12.8 Å². The molecule has 0 saturated heterocycles. The molecular formula is C36H39ClFN3O4S. The van der Waals surface area contributed by atoms with Gasteiger partial charge in [0, 0.05) is 24.0 Å². The van der Waals surface area contributed by atoms with Gasteiger partial charge in [-0.15, -0.1) is 0 Å². The highest BCUT2D eigenvalue weighted by atomic mass is 35.5. The minimum atomic E-state index is -4.25. The fraction of sp³-hybridized carbons (Fsp3) is 0.278. The molecule has 4 aromatic rings. The van der Waals surface area contributed by atoms with E-state index in [0.29, 0.717) is 22.6 Å². The molecule has 1 N–H and O–H groups in total. The number of nitrogens with zero attached hydrogens (tertiary/aromatic N) is 2. The number of sulfonamides is 1. The molecule has 242 valence electrons. The summed E-state index contributed by atoms with van der Waals surface area (Å²) in [6.45, 7) is 6.75. The maximum Gasteiger partial charge on any atom is 0.264 e. The van der Waals surface area contributed by atoms with Crippen LogP contribution in [0.4, 0.5) is 10.1 Å². The molecule has 0 aromatic heterocycles. The summed E-state index contributed by atoms with van der Waals surface area (Å²) < 4.78 is 43.4. The van der Waals surface area contributed by atoms with E-state index < -0.39 is 34.3 Å². The third-order valence-electron chi connectivity index (χ3n) is 7.85. The van der Waals surface area contributed by atoms with Crippen LogP contribution in [0.25, 0.3) is 0 Å². The third kappa shape index (κ3) is 8.73. The van der Waals surface area contributed by atoms with Crippen molar-refractivity contribution in [2.75, 3.05) is 10.8 Å². The van der Waals surface area contributed by atoms with Gasteiger partial charge in [-0.3, -0.25) is 13.9 Å². The van der Waals surface area contributed by atoms with E-state index in [4.69, 9.17) is 11.6 Å². The number of carbonyl (C=O) groups is 2. The first-order valence-electron chi connectivity index (χ1n) is 15.1. The van der Waals surface area contributed by atoms with Gasteiger partial charge >= 0.3 is 0 Å². The molecule has 46 heavy (non-hydrogen) atoms. The van der Waals surface area contributed by atoms with Crippen molar-refractivity contribution >= 4 is 39.1 Å². The summed E-state index contributed by atoms with van der Waals surface area (Å²) in [4.78, 5) is 29.8. The van der Waals surface area contributed by atoms with Crippen LogP contribution >= 0.6 is 11.6 Å². The summed E-state index contributed by atoms with van der Waals surface area (Å²) in [5.74, 6) is -1.41. The SMILES string of the molecule is CCC(C)NC(=O)C(Cc1ccccc1)N(Cc1ccc(F)cc1)C(=O)CN(c1ccc(Cl)cc1C)S(=O)(=O)c1ccc(C)cc1. The lowest BCUT2D eigenvalue weighted by Gasteiger charge is -2.34. The van der Waals surface area contributed by atoms with Crippen molar-refractivity contribution in [2.24, 2.45) is 0 Å². The van der Waals surface area contributed by atoms with Crippen molar-refractivity contribution in [3.8, 4) is 0 Å². The number of nitrogens with one attached hydrogen (secondary N) is 1. The van der Waals surface area contributed by atoms with Crippen LogP contribution in [0.1, 0.15) is 42.5 Å². The summed E-state index contributed by atoms with van der Waals surface area (Å²) >= 11 is 6.22. The predicted octanol–water partition coefficient (Wildman–Crippen LogP) is 6.85. The zero-order chi connectivity index (χ0) is 33.4. The first-order chi connectivity index (χ1) is 21.9. The molecule has 0 aliphatic heterocycles. The van der Waals surface area contributed by atoms with E-state index >= 15 is 0 Å². The number of anilines is 1. The molecule has 4 aromatic carbocycles. The van der Waals surface area contributed by atoms with Crippen LogP contribution < -0.4 is 9.62 Å². The van der Waals surface area contributed by atoms with Crippen LogP contribution in [-0.2, 0) is 32.6 Å². The lowest BCUT2D eigenvalue weighted by atomic mass is 10.0. The molecule has 4 rings (SSSR count). The Bertz CT molecular complexity index is 1750. The maximum atomic E-state index is 14.5. The van der Waals surface area contributed by atoms with Gasteiger partial charge in [-0.2, -0.15) is 0 Å². The number of amides is 2. The molecule has 0 saturated carbocycles. The van der Waals surface area contributed by atoms with E-state index in [1.807, 2.05) is 51.1 Å². The second-order valence-electron chi connectivity index (χ2n) is 11.4. The lowest BCUT2D eigenvalue weighted by Crippen LogP contribution is -2.54. The summed E-state index contributed by atoms with van der Waals surface area (Å²) in [6.07, 6.45) is 0.856. The molecule has 2 atom stereocenters. The number of benzene rings is 4. The van der Waals surface area contributed by atoms with Crippen molar-refractivity contribution in [1.82, 2.24) is 10.2 Å².